The highest BCUT2D eigenvalue weighted by atomic mass is 16.2. The van der Waals surface area contributed by atoms with Crippen LogP contribution in [0.1, 0.15) is 12.5 Å². The number of hydrogen-bond donors (Lipinski definition) is 0. The van der Waals surface area contributed by atoms with Crippen LogP contribution >= 0.6 is 0 Å². The van der Waals surface area contributed by atoms with E-state index in [2.05, 4.69) is 11.1 Å². The second kappa shape index (κ2) is 4.60. The summed E-state index contributed by atoms with van der Waals surface area (Å²) in [4.78, 5) is 18.2. The maximum Gasteiger partial charge on any atom is 0.223 e. The zero-order valence-corrected chi connectivity index (χ0v) is 11.8. The van der Waals surface area contributed by atoms with E-state index in [1.807, 2.05) is 50.4 Å². The molecule has 3 nitrogen and oxygen atoms in total. The average Bonchev–Trinajstić information content (AvgIpc) is 2.44. The van der Waals surface area contributed by atoms with Gasteiger partial charge in [-0.2, -0.15) is 0 Å². The number of fused-ring (bicyclic) bond motifs is 2. The number of carbonyl (C=O) groups excluding carboxylic acids is 1. The molecule has 0 aliphatic heterocycles. The zero-order chi connectivity index (χ0) is 14.3. The van der Waals surface area contributed by atoms with Crippen LogP contribution in [0.25, 0.3) is 21.8 Å². The summed E-state index contributed by atoms with van der Waals surface area (Å²) in [5.74, 6) is 0.0177. The first kappa shape index (κ1) is 12.6. The standard InChI is InChI=1S/C17H16N2O/c1-11-8-9-16-14(10-11)17(19(3)12(2)20)13-6-4-5-7-15(13)18-16/h4-10H,1-3H3. The number of pyridine rings is 1. The number of rotatable bonds is 1. The van der Waals surface area contributed by atoms with Gasteiger partial charge in [-0.1, -0.05) is 29.8 Å². The molecule has 1 aromatic heterocycles. The van der Waals surface area contributed by atoms with Crippen molar-refractivity contribution in [3.05, 3.63) is 48.0 Å². The molecule has 3 aromatic rings. The fraction of sp³-hybridized carbons (Fsp3) is 0.176. The summed E-state index contributed by atoms with van der Waals surface area (Å²) >= 11 is 0. The lowest BCUT2D eigenvalue weighted by atomic mass is 10.0. The summed E-state index contributed by atoms with van der Waals surface area (Å²) in [6.45, 7) is 3.63. The van der Waals surface area contributed by atoms with Gasteiger partial charge in [0.05, 0.1) is 16.7 Å². The third kappa shape index (κ3) is 1.92. The van der Waals surface area contributed by atoms with Crippen molar-refractivity contribution in [2.45, 2.75) is 13.8 Å². The van der Waals surface area contributed by atoms with Crippen molar-refractivity contribution in [1.29, 1.82) is 0 Å². The second-order valence-corrected chi connectivity index (χ2v) is 5.08. The lowest BCUT2D eigenvalue weighted by Crippen LogP contribution is -2.23. The first-order valence-electron chi connectivity index (χ1n) is 6.61. The molecule has 0 bridgehead atoms. The van der Waals surface area contributed by atoms with Crippen molar-refractivity contribution in [2.75, 3.05) is 11.9 Å². The summed E-state index contributed by atoms with van der Waals surface area (Å²) in [7, 11) is 1.81. The second-order valence-electron chi connectivity index (χ2n) is 5.08. The topological polar surface area (TPSA) is 33.2 Å². The Labute approximate surface area is 117 Å². The van der Waals surface area contributed by atoms with Gasteiger partial charge < -0.3 is 4.90 Å². The molecule has 100 valence electrons. The summed E-state index contributed by atoms with van der Waals surface area (Å²) < 4.78 is 0. The maximum absolute atomic E-state index is 11.8. The first-order chi connectivity index (χ1) is 9.58. The molecule has 0 saturated heterocycles. The minimum Gasteiger partial charge on any atom is -0.314 e. The van der Waals surface area contributed by atoms with Gasteiger partial charge in [0, 0.05) is 24.7 Å². The number of hydrogen-bond acceptors (Lipinski definition) is 2. The van der Waals surface area contributed by atoms with Crippen LogP contribution in [0.2, 0.25) is 0 Å². The zero-order valence-electron chi connectivity index (χ0n) is 11.8. The van der Waals surface area contributed by atoms with Crippen molar-refractivity contribution in [3.63, 3.8) is 0 Å². The van der Waals surface area contributed by atoms with Gasteiger partial charge in [0.2, 0.25) is 5.91 Å². The lowest BCUT2D eigenvalue weighted by Gasteiger charge is -2.20. The van der Waals surface area contributed by atoms with E-state index in [-0.39, 0.29) is 5.91 Å². The van der Waals surface area contributed by atoms with Gasteiger partial charge in [-0.15, -0.1) is 0 Å². The van der Waals surface area contributed by atoms with Crippen LogP contribution < -0.4 is 4.90 Å². The van der Waals surface area contributed by atoms with Crippen molar-refractivity contribution >= 4 is 33.4 Å². The fourth-order valence-electron chi connectivity index (χ4n) is 2.50. The van der Waals surface area contributed by atoms with Gasteiger partial charge in [-0.25, -0.2) is 4.98 Å². The number of amides is 1. The Morgan fingerprint density at radius 2 is 1.75 bits per heavy atom. The molecule has 2 aromatic carbocycles. The number of benzene rings is 2. The summed E-state index contributed by atoms with van der Waals surface area (Å²) in [6.07, 6.45) is 0. The monoisotopic (exact) mass is 264 g/mol. The molecule has 0 N–H and O–H groups in total. The molecule has 3 rings (SSSR count). The van der Waals surface area contributed by atoms with Gasteiger partial charge in [0.15, 0.2) is 0 Å². The molecule has 0 unspecified atom stereocenters. The number of anilines is 1. The van der Waals surface area contributed by atoms with E-state index in [0.717, 1.165) is 33.1 Å². The Hall–Kier alpha value is -2.42. The molecule has 1 heterocycles. The quantitative estimate of drug-likeness (QED) is 0.628. The first-order valence-corrected chi connectivity index (χ1v) is 6.61. The summed E-state index contributed by atoms with van der Waals surface area (Å²) in [5, 5.41) is 2.02. The molecule has 0 aliphatic rings. The van der Waals surface area contributed by atoms with E-state index in [1.165, 1.54) is 0 Å². The number of aromatic nitrogens is 1. The van der Waals surface area contributed by atoms with Gasteiger partial charge in [0.25, 0.3) is 0 Å². The van der Waals surface area contributed by atoms with Crippen LogP contribution in [0.15, 0.2) is 42.5 Å². The Morgan fingerprint density at radius 1 is 1.05 bits per heavy atom. The Morgan fingerprint density at radius 3 is 2.50 bits per heavy atom. The van der Waals surface area contributed by atoms with Gasteiger partial charge in [0.1, 0.15) is 0 Å². The van der Waals surface area contributed by atoms with Crippen molar-refractivity contribution in [1.82, 2.24) is 4.98 Å². The number of aryl methyl sites for hydroxylation is 1. The SMILES string of the molecule is CC(=O)N(C)c1c2ccccc2nc2ccc(C)cc12. The summed E-state index contributed by atoms with van der Waals surface area (Å²) in [5.41, 5.74) is 3.92. The smallest absolute Gasteiger partial charge is 0.223 e. The highest BCUT2D eigenvalue weighted by molar-refractivity contribution is 6.13. The van der Waals surface area contributed by atoms with E-state index in [1.54, 1.807) is 11.8 Å². The van der Waals surface area contributed by atoms with E-state index >= 15 is 0 Å². The Bertz CT molecular complexity index is 824. The molecule has 0 fully saturated rings. The molecule has 0 radical (unpaired) electrons. The van der Waals surface area contributed by atoms with Crippen LogP contribution in [-0.2, 0) is 4.79 Å². The summed E-state index contributed by atoms with van der Waals surface area (Å²) in [6, 6.07) is 14.1. The van der Waals surface area contributed by atoms with E-state index in [0.29, 0.717) is 0 Å². The average molecular weight is 264 g/mol. The minimum absolute atomic E-state index is 0.0177. The van der Waals surface area contributed by atoms with Gasteiger partial charge in [-0.05, 0) is 25.1 Å². The highest BCUT2D eigenvalue weighted by Gasteiger charge is 2.15. The van der Waals surface area contributed by atoms with Crippen LogP contribution in [-0.4, -0.2) is 17.9 Å². The van der Waals surface area contributed by atoms with Crippen LogP contribution in [0.3, 0.4) is 0 Å². The van der Waals surface area contributed by atoms with Gasteiger partial charge >= 0.3 is 0 Å². The third-order valence-corrected chi connectivity index (χ3v) is 3.62. The molecule has 0 saturated carbocycles. The fourth-order valence-corrected chi connectivity index (χ4v) is 2.50. The van der Waals surface area contributed by atoms with Crippen molar-refractivity contribution in [2.24, 2.45) is 0 Å². The Kier molecular flexibility index (Phi) is 2.90. The van der Waals surface area contributed by atoms with Crippen LogP contribution in [0.5, 0.6) is 0 Å². The minimum atomic E-state index is 0.0177. The van der Waals surface area contributed by atoms with Crippen LogP contribution in [0.4, 0.5) is 5.69 Å². The molecule has 3 heteroatoms. The lowest BCUT2D eigenvalue weighted by molar-refractivity contribution is -0.116. The predicted molar refractivity (Wildman–Crippen MR) is 83.1 cm³/mol. The number of para-hydroxylation sites is 1. The number of nitrogens with zero attached hydrogens (tertiary/aromatic N) is 2. The molecule has 0 spiro atoms. The van der Waals surface area contributed by atoms with E-state index in [4.69, 9.17) is 0 Å². The third-order valence-electron chi connectivity index (χ3n) is 3.62. The molecule has 20 heavy (non-hydrogen) atoms. The molecule has 0 atom stereocenters. The maximum atomic E-state index is 11.8. The van der Waals surface area contributed by atoms with Crippen molar-refractivity contribution in [3.8, 4) is 0 Å². The van der Waals surface area contributed by atoms with E-state index in [9.17, 15) is 4.79 Å². The number of carbonyl (C=O) groups is 1. The normalized spacial score (nSPS) is 10.9. The molecule has 0 aliphatic carbocycles. The highest BCUT2D eigenvalue weighted by Crippen LogP contribution is 2.33. The van der Waals surface area contributed by atoms with Crippen LogP contribution in [0, 0.1) is 6.92 Å². The van der Waals surface area contributed by atoms with Crippen molar-refractivity contribution < 1.29 is 4.79 Å². The molecular formula is C17H16N2O. The van der Waals surface area contributed by atoms with Gasteiger partial charge in [-0.3, -0.25) is 4.79 Å². The Balaban J connectivity index is 2.50. The van der Waals surface area contributed by atoms with E-state index < -0.39 is 0 Å². The molecule has 1 amide bonds. The molecular weight excluding hydrogens is 248 g/mol. The predicted octanol–water partition coefficient (Wildman–Crippen LogP) is 3.68. The largest absolute Gasteiger partial charge is 0.314 e.